The summed E-state index contributed by atoms with van der Waals surface area (Å²) in [7, 11) is 0. The van der Waals surface area contributed by atoms with Gasteiger partial charge in [-0.25, -0.2) is 4.79 Å². The van der Waals surface area contributed by atoms with E-state index in [1.807, 2.05) is 0 Å². The number of urea groups is 1. The van der Waals surface area contributed by atoms with Crippen molar-refractivity contribution >= 4 is 12.0 Å². The Morgan fingerprint density at radius 3 is 2.80 bits per heavy atom. The number of aliphatic carboxylic acids is 1. The minimum absolute atomic E-state index is 0.166. The number of carbonyl (C=O) groups excluding carboxylic acids is 1. The second-order valence-electron chi connectivity index (χ2n) is 3.53. The van der Waals surface area contributed by atoms with Crippen molar-refractivity contribution in [1.29, 1.82) is 0 Å². The van der Waals surface area contributed by atoms with Crippen molar-refractivity contribution in [2.75, 3.05) is 13.1 Å². The molecule has 1 aliphatic rings. The summed E-state index contributed by atoms with van der Waals surface area (Å²) >= 11 is 0. The Kier molecular flexibility index (Phi) is 3.56. The highest BCUT2D eigenvalue weighted by molar-refractivity contribution is 5.78. The Hall–Kier alpha value is -1.70. The van der Waals surface area contributed by atoms with Crippen molar-refractivity contribution in [3.05, 3.63) is 0 Å². The van der Waals surface area contributed by atoms with Gasteiger partial charge in [0.15, 0.2) is 0 Å². The molecule has 2 amide bonds. The van der Waals surface area contributed by atoms with E-state index < -0.39 is 11.9 Å². The highest BCUT2D eigenvalue weighted by Crippen LogP contribution is 2.23. The predicted octanol–water partition coefficient (Wildman–Crippen LogP) is 0.124. The molecule has 0 aromatic heterocycles. The molecule has 0 aromatic carbocycles. The van der Waals surface area contributed by atoms with Crippen LogP contribution in [0.15, 0.2) is 0 Å². The zero-order valence-corrected chi connectivity index (χ0v) is 8.56. The van der Waals surface area contributed by atoms with Gasteiger partial charge in [0.2, 0.25) is 0 Å². The molecular weight excluding hydrogens is 196 g/mol. The number of hydrogen-bond donors (Lipinski definition) is 2. The second-order valence-corrected chi connectivity index (χ2v) is 3.53. The van der Waals surface area contributed by atoms with Crippen LogP contribution in [-0.4, -0.2) is 41.1 Å². The molecule has 15 heavy (non-hydrogen) atoms. The number of likely N-dealkylation sites (tertiary alicyclic amines) is 1. The van der Waals surface area contributed by atoms with Crippen LogP contribution < -0.4 is 5.32 Å². The van der Waals surface area contributed by atoms with E-state index in [0.717, 1.165) is 0 Å². The molecule has 2 N–H and O–H groups in total. The largest absolute Gasteiger partial charge is 0.481 e. The minimum Gasteiger partial charge on any atom is -0.481 e. The van der Waals surface area contributed by atoms with Gasteiger partial charge in [0.05, 0.1) is 12.5 Å². The highest BCUT2D eigenvalue weighted by Gasteiger charge is 2.37. The van der Waals surface area contributed by atoms with Crippen LogP contribution in [0.5, 0.6) is 0 Å². The molecule has 82 valence electrons. The number of nitrogens with zero attached hydrogens (tertiary/aromatic N) is 1. The lowest BCUT2D eigenvalue weighted by Gasteiger charge is -2.22. The molecule has 0 aromatic rings. The summed E-state index contributed by atoms with van der Waals surface area (Å²) in [5.74, 6) is 0.973. The van der Waals surface area contributed by atoms with Gasteiger partial charge in [-0.15, -0.1) is 6.42 Å². The van der Waals surface area contributed by atoms with E-state index in [4.69, 9.17) is 11.5 Å². The maximum Gasteiger partial charge on any atom is 0.318 e. The Labute approximate surface area is 88.4 Å². The van der Waals surface area contributed by atoms with Gasteiger partial charge in [-0.2, -0.15) is 0 Å². The summed E-state index contributed by atoms with van der Waals surface area (Å²) in [4.78, 5) is 23.8. The van der Waals surface area contributed by atoms with Crippen LogP contribution >= 0.6 is 0 Å². The number of amides is 2. The van der Waals surface area contributed by atoms with Crippen LogP contribution in [0.4, 0.5) is 4.79 Å². The number of hydrogen-bond acceptors (Lipinski definition) is 2. The maximum absolute atomic E-state index is 11.5. The molecule has 0 bridgehead atoms. The number of carboxylic acid groups (broad SMARTS) is 1. The lowest BCUT2D eigenvalue weighted by molar-refractivity contribution is -0.142. The summed E-state index contributed by atoms with van der Waals surface area (Å²) in [6.07, 6.45) is 5.51. The first-order valence-corrected chi connectivity index (χ1v) is 4.78. The molecule has 1 saturated heterocycles. The maximum atomic E-state index is 11.5. The van der Waals surface area contributed by atoms with E-state index in [2.05, 4.69) is 11.2 Å². The first-order valence-electron chi connectivity index (χ1n) is 4.78. The number of rotatable bonds is 2. The third-order valence-corrected chi connectivity index (χ3v) is 2.67. The van der Waals surface area contributed by atoms with Gasteiger partial charge in [0.25, 0.3) is 0 Å². The van der Waals surface area contributed by atoms with Crippen molar-refractivity contribution < 1.29 is 14.7 Å². The molecule has 5 heteroatoms. The first kappa shape index (κ1) is 11.4. The van der Waals surface area contributed by atoms with Crippen molar-refractivity contribution in [2.45, 2.75) is 19.4 Å². The van der Waals surface area contributed by atoms with Crippen molar-refractivity contribution in [1.82, 2.24) is 10.2 Å². The lowest BCUT2D eigenvalue weighted by Crippen LogP contribution is -2.43. The fourth-order valence-corrected chi connectivity index (χ4v) is 1.78. The van der Waals surface area contributed by atoms with E-state index in [0.29, 0.717) is 13.0 Å². The van der Waals surface area contributed by atoms with Crippen molar-refractivity contribution in [2.24, 2.45) is 5.92 Å². The molecule has 1 fully saturated rings. The molecular formula is C10H14N2O3. The average Bonchev–Trinajstić information content (AvgIpc) is 2.56. The van der Waals surface area contributed by atoms with Crippen LogP contribution in [0.2, 0.25) is 0 Å². The molecule has 2 unspecified atom stereocenters. The first-order chi connectivity index (χ1) is 7.07. The quantitative estimate of drug-likeness (QED) is 0.636. The number of carboxylic acids is 1. The zero-order valence-electron chi connectivity index (χ0n) is 8.56. The van der Waals surface area contributed by atoms with Crippen LogP contribution in [0, 0.1) is 18.3 Å². The monoisotopic (exact) mass is 210 g/mol. The normalized spacial score (nSPS) is 24.7. The number of nitrogens with one attached hydrogen (secondary N) is 1. The zero-order chi connectivity index (χ0) is 11.4. The molecule has 0 saturated carbocycles. The minimum atomic E-state index is -0.852. The van der Waals surface area contributed by atoms with E-state index in [-0.39, 0.29) is 18.6 Å². The Bertz CT molecular complexity index is 308. The summed E-state index contributed by atoms with van der Waals surface area (Å²) in [6.45, 7) is 2.37. The van der Waals surface area contributed by atoms with Crippen molar-refractivity contribution in [3.63, 3.8) is 0 Å². The Morgan fingerprint density at radius 1 is 1.67 bits per heavy atom. The summed E-state index contributed by atoms with van der Waals surface area (Å²) in [6, 6.07) is -0.565. The molecule has 1 aliphatic heterocycles. The Balaban J connectivity index is 2.56. The van der Waals surface area contributed by atoms with E-state index >= 15 is 0 Å². The second kappa shape index (κ2) is 4.69. The smallest absolute Gasteiger partial charge is 0.318 e. The van der Waals surface area contributed by atoms with E-state index in [9.17, 15) is 9.59 Å². The van der Waals surface area contributed by atoms with Crippen LogP contribution in [0.25, 0.3) is 0 Å². The topological polar surface area (TPSA) is 69.6 Å². The highest BCUT2D eigenvalue weighted by atomic mass is 16.4. The summed E-state index contributed by atoms with van der Waals surface area (Å²) in [5, 5.41) is 11.4. The third-order valence-electron chi connectivity index (χ3n) is 2.67. The fourth-order valence-electron chi connectivity index (χ4n) is 1.78. The fraction of sp³-hybridized carbons (Fsp3) is 0.600. The van der Waals surface area contributed by atoms with Gasteiger partial charge in [-0.05, 0) is 13.3 Å². The number of terminal acetylenes is 1. The van der Waals surface area contributed by atoms with Crippen molar-refractivity contribution in [3.8, 4) is 12.3 Å². The third kappa shape index (κ3) is 2.40. The van der Waals surface area contributed by atoms with Crippen LogP contribution in [-0.2, 0) is 4.79 Å². The number of carbonyl (C=O) groups is 2. The molecule has 5 nitrogen and oxygen atoms in total. The summed E-state index contributed by atoms with van der Waals surface area (Å²) < 4.78 is 0. The average molecular weight is 210 g/mol. The molecule has 0 spiro atoms. The molecule has 0 aliphatic carbocycles. The van der Waals surface area contributed by atoms with Gasteiger partial charge in [0.1, 0.15) is 0 Å². The lowest BCUT2D eigenvalue weighted by atomic mass is 10.0. The van der Waals surface area contributed by atoms with Gasteiger partial charge in [-0.3, -0.25) is 4.79 Å². The molecule has 1 rings (SSSR count). The van der Waals surface area contributed by atoms with Gasteiger partial charge >= 0.3 is 12.0 Å². The van der Waals surface area contributed by atoms with Crippen LogP contribution in [0.3, 0.4) is 0 Å². The van der Waals surface area contributed by atoms with Crippen LogP contribution in [0.1, 0.15) is 13.3 Å². The van der Waals surface area contributed by atoms with Gasteiger partial charge in [-0.1, -0.05) is 5.92 Å². The van der Waals surface area contributed by atoms with E-state index in [1.165, 1.54) is 4.90 Å². The Morgan fingerprint density at radius 2 is 2.33 bits per heavy atom. The van der Waals surface area contributed by atoms with E-state index in [1.54, 1.807) is 6.92 Å². The summed E-state index contributed by atoms with van der Waals surface area (Å²) in [5.41, 5.74) is 0. The van der Waals surface area contributed by atoms with Gasteiger partial charge in [0, 0.05) is 12.6 Å². The standard InChI is InChI=1S/C10H14N2O3/c1-3-5-11-10(15)12-6-4-8(7(12)2)9(13)14/h1,7-8H,4-6H2,2H3,(H,11,15)(H,13,14). The molecule has 2 atom stereocenters. The SMILES string of the molecule is C#CCNC(=O)N1CCC(C(=O)O)C1C. The van der Waals surface area contributed by atoms with Gasteiger partial charge < -0.3 is 15.3 Å². The molecule has 0 radical (unpaired) electrons. The predicted molar refractivity (Wildman–Crippen MR) is 54.1 cm³/mol. The molecule has 1 heterocycles.